The van der Waals surface area contributed by atoms with E-state index in [0.29, 0.717) is 5.02 Å². The zero-order valence-corrected chi connectivity index (χ0v) is 13.9. The normalized spacial score (nSPS) is 14.7. The van der Waals surface area contributed by atoms with E-state index in [9.17, 15) is 12.6 Å². The van der Waals surface area contributed by atoms with E-state index >= 15 is 0 Å². The van der Waals surface area contributed by atoms with Gasteiger partial charge in [0.05, 0.1) is 9.73 Å². The van der Waals surface area contributed by atoms with Crippen LogP contribution in [0.4, 0.5) is 0 Å². The van der Waals surface area contributed by atoms with Gasteiger partial charge in [-0.05, 0) is 38.1 Å². The molecule has 0 amide bonds. The van der Waals surface area contributed by atoms with Crippen LogP contribution in [0.1, 0.15) is 11.5 Å². The number of aromatic nitrogens is 1. The Kier molecular flexibility index (Phi) is 4.14. The van der Waals surface area contributed by atoms with Crippen molar-refractivity contribution in [3.05, 3.63) is 40.7 Å². The second-order valence-electron chi connectivity index (χ2n) is 4.46. The molecule has 2 aromatic rings. The molecule has 1 atom stereocenters. The first-order valence-corrected chi connectivity index (χ1v) is 9.54. The molecule has 114 valence electrons. The number of sulfonamides is 1. The van der Waals surface area contributed by atoms with Gasteiger partial charge in [0, 0.05) is 16.2 Å². The Morgan fingerprint density at radius 2 is 1.71 bits per heavy atom. The van der Waals surface area contributed by atoms with Gasteiger partial charge in [-0.15, -0.1) is 3.77 Å². The van der Waals surface area contributed by atoms with Crippen molar-refractivity contribution in [1.29, 1.82) is 0 Å². The number of nitrogens with zero attached hydrogens (tertiary/aromatic N) is 2. The smallest absolute Gasteiger partial charge is 0.295 e. The molecule has 0 fully saturated rings. The van der Waals surface area contributed by atoms with Crippen LogP contribution in [0.15, 0.2) is 42.3 Å². The molecule has 1 aromatic carbocycles. The van der Waals surface area contributed by atoms with Crippen LogP contribution >= 0.6 is 11.6 Å². The van der Waals surface area contributed by atoms with Crippen molar-refractivity contribution in [2.45, 2.75) is 23.6 Å². The lowest BCUT2D eigenvalue weighted by molar-refractivity contribution is 0.390. The van der Waals surface area contributed by atoms with Gasteiger partial charge >= 0.3 is 0 Å². The lowest BCUT2D eigenvalue weighted by atomic mass is 10.4. The summed E-state index contributed by atoms with van der Waals surface area (Å²) in [6.07, 6.45) is 1.26. The quantitative estimate of drug-likeness (QED) is 0.850. The highest BCUT2D eigenvalue weighted by molar-refractivity contribution is 8.03. The van der Waals surface area contributed by atoms with Crippen LogP contribution in [-0.2, 0) is 19.8 Å². The first kappa shape index (κ1) is 16.0. The fourth-order valence-corrected chi connectivity index (χ4v) is 5.52. The molecule has 0 aliphatic heterocycles. The van der Waals surface area contributed by atoms with Crippen molar-refractivity contribution in [3.63, 3.8) is 0 Å². The van der Waals surface area contributed by atoms with Gasteiger partial charge in [0.1, 0.15) is 5.69 Å². The highest BCUT2D eigenvalue weighted by Gasteiger charge is 2.25. The van der Waals surface area contributed by atoms with Crippen LogP contribution in [0.2, 0.25) is 5.02 Å². The maximum absolute atomic E-state index is 12.6. The van der Waals surface area contributed by atoms with Crippen LogP contribution < -0.4 is 0 Å². The van der Waals surface area contributed by atoms with Crippen molar-refractivity contribution in [1.82, 2.24) is 5.16 Å². The van der Waals surface area contributed by atoms with Gasteiger partial charge < -0.3 is 4.52 Å². The molecule has 0 aliphatic carbocycles. The molecule has 0 saturated carbocycles. The molecule has 2 rings (SSSR count). The third-order valence-corrected chi connectivity index (χ3v) is 7.14. The topological polar surface area (TPSA) is 89.6 Å². The molecule has 21 heavy (non-hydrogen) atoms. The lowest BCUT2D eigenvalue weighted by Gasteiger charge is -2.05. The number of hydrogen-bond acceptors (Lipinski definition) is 5. The van der Waals surface area contributed by atoms with E-state index in [1.54, 1.807) is 0 Å². The molecule has 0 saturated heterocycles. The van der Waals surface area contributed by atoms with Crippen LogP contribution in [0.5, 0.6) is 0 Å². The maximum Gasteiger partial charge on any atom is 0.295 e. The number of halogens is 1. The predicted molar refractivity (Wildman–Crippen MR) is 79.4 cm³/mol. The minimum absolute atomic E-state index is 0.113. The molecule has 0 spiro atoms. The molecule has 9 heteroatoms. The summed E-state index contributed by atoms with van der Waals surface area (Å²) in [6, 6.07) is 6.02. The molecule has 1 aromatic heterocycles. The van der Waals surface area contributed by atoms with E-state index in [1.807, 2.05) is 0 Å². The Morgan fingerprint density at radius 1 is 1.14 bits per heavy atom. The Morgan fingerprint density at radius 3 is 2.19 bits per heavy atom. The van der Waals surface area contributed by atoms with E-state index in [-0.39, 0.29) is 21.2 Å². The summed E-state index contributed by atoms with van der Waals surface area (Å²) in [5.41, 5.74) is 0.183. The standard InChI is InChI=1S/C12H13ClN2O4S2/c1-8-12(9(2)19-14-8)21(17,18)15-20(3,16)11-6-4-10(13)5-7-11/h4-7H,1-3H3. The van der Waals surface area contributed by atoms with Crippen molar-refractivity contribution in [2.75, 3.05) is 6.26 Å². The molecule has 1 heterocycles. The van der Waals surface area contributed by atoms with Crippen molar-refractivity contribution < 1.29 is 17.1 Å². The van der Waals surface area contributed by atoms with Crippen molar-refractivity contribution in [3.8, 4) is 0 Å². The highest BCUT2D eigenvalue weighted by atomic mass is 35.5. The Labute approximate surface area is 128 Å². The second-order valence-corrected chi connectivity index (χ2v) is 8.93. The fourth-order valence-electron chi connectivity index (χ4n) is 1.80. The summed E-state index contributed by atoms with van der Waals surface area (Å²) < 4.78 is 45.6. The highest BCUT2D eigenvalue weighted by Crippen LogP contribution is 2.24. The second kappa shape index (κ2) is 5.43. The first-order valence-electron chi connectivity index (χ1n) is 5.80. The van der Waals surface area contributed by atoms with Crippen molar-refractivity contribution in [2.24, 2.45) is 3.77 Å². The van der Waals surface area contributed by atoms with Crippen LogP contribution in [0.25, 0.3) is 0 Å². The third kappa shape index (κ3) is 3.28. The average molecular weight is 349 g/mol. The zero-order valence-electron chi connectivity index (χ0n) is 11.5. The van der Waals surface area contributed by atoms with E-state index in [4.69, 9.17) is 16.1 Å². The van der Waals surface area contributed by atoms with E-state index in [0.717, 1.165) is 0 Å². The number of rotatable bonds is 3. The van der Waals surface area contributed by atoms with E-state index < -0.39 is 19.8 Å². The minimum Gasteiger partial charge on any atom is -0.360 e. The van der Waals surface area contributed by atoms with Crippen molar-refractivity contribution >= 4 is 31.4 Å². The predicted octanol–water partition coefficient (Wildman–Crippen LogP) is 2.79. The summed E-state index contributed by atoms with van der Waals surface area (Å²) in [5, 5.41) is 4.03. The zero-order chi connectivity index (χ0) is 15.8. The van der Waals surface area contributed by atoms with Gasteiger partial charge in [-0.2, -0.15) is 8.42 Å². The Balaban J connectivity index is 2.61. The molecular weight excluding hydrogens is 336 g/mol. The van der Waals surface area contributed by atoms with Gasteiger partial charge in [-0.3, -0.25) is 0 Å². The summed E-state index contributed by atoms with van der Waals surface area (Å²) in [4.78, 5) is 0.133. The SMILES string of the molecule is Cc1noc(C)c1S(=O)(=O)N=S(C)(=O)c1ccc(Cl)cc1. The van der Waals surface area contributed by atoms with Gasteiger partial charge in [0.2, 0.25) is 0 Å². The summed E-state index contributed by atoms with van der Waals surface area (Å²) in [7, 11) is -7.27. The summed E-state index contributed by atoms with van der Waals surface area (Å²) in [6.45, 7) is 2.95. The molecule has 0 bridgehead atoms. The molecule has 6 nitrogen and oxygen atoms in total. The monoisotopic (exact) mass is 348 g/mol. The van der Waals surface area contributed by atoms with Gasteiger partial charge in [0.15, 0.2) is 10.7 Å². The minimum atomic E-state index is -4.13. The lowest BCUT2D eigenvalue weighted by Crippen LogP contribution is -2.06. The molecule has 0 N–H and O–H groups in total. The van der Waals surface area contributed by atoms with Gasteiger partial charge in [-0.25, -0.2) is 4.21 Å². The van der Waals surface area contributed by atoms with E-state index in [1.165, 1.54) is 44.4 Å². The number of benzene rings is 1. The summed E-state index contributed by atoms with van der Waals surface area (Å²) >= 11 is 5.76. The average Bonchev–Trinajstić information content (AvgIpc) is 2.68. The molecular formula is C12H13ClN2O4S2. The third-order valence-electron chi connectivity index (χ3n) is 2.72. The molecule has 0 aliphatic rings. The van der Waals surface area contributed by atoms with Crippen LogP contribution in [0, 0.1) is 13.8 Å². The van der Waals surface area contributed by atoms with Gasteiger partial charge in [-0.1, -0.05) is 16.8 Å². The van der Waals surface area contributed by atoms with Crippen LogP contribution in [0.3, 0.4) is 0 Å². The first-order chi connectivity index (χ1) is 9.63. The largest absolute Gasteiger partial charge is 0.360 e. The van der Waals surface area contributed by atoms with Crippen LogP contribution in [-0.4, -0.2) is 24.0 Å². The van der Waals surface area contributed by atoms with E-state index in [2.05, 4.69) is 8.92 Å². The number of aryl methyl sites for hydroxylation is 2. The molecule has 1 unspecified atom stereocenters. The fraction of sp³-hybridized carbons (Fsp3) is 0.250. The summed E-state index contributed by atoms with van der Waals surface area (Å²) in [5.74, 6) is 0.113. The Bertz CT molecular complexity index is 872. The maximum atomic E-state index is 12.6. The Hall–Kier alpha value is -1.38. The van der Waals surface area contributed by atoms with Gasteiger partial charge in [0.25, 0.3) is 10.0 Å². The molecule has 0 radical (unpaired) electrons. The number of hydrogen-bond donors (Lipinski definition) is 0.